The van der Waals surface area contributed by atoms with Crippen LogP contribution in [0.5, 0.6) is 0 Å². The molecular weight excluding hydrogens is 303 g/mol. The van der Waals surface area contributed by atoms with Crippen LogP contribution in [0.1, 0.15) is 24.2 Å². The van der Waals surface area contributed by atoms with E-state index >= 15 is 0 Å². The van der Waals surface area contributed by atoms with Crippen LogP contribution in [0.2, 0.25) is 0 Å². The lowest BCUT2D eigenvalue weighted by molar-refractivity contribution is -0.137. The van der Waals surface area contributed by atoms with Crippen molar-refractivity contribution in [3.05, 3.63) is 65.7 Å². The van der Waals surface area contributed by atoms with E-state index in [4.69, 9.17) is 0 Å². The van der Waals surface area contributed by atoms with E-state index in [-0.39, 0.29) is 22.2 Å². The highest BCUT2D eigenvalue weighted by Crippen LogP contribution is 2.42. The summed E-state index contributed by atoms with van der Waals surface area (Å²) in [5.74, 6) is 0. The van der Waals surface area contributed by atoms with Gasteiger partial charge in [-0.15, -0.1) is 0 Å². The molecule has 0 amide bonds. The first-order chi connectivity index (χ1) is 10.9. The topological polar surface area (TPSA) is 33.1 Å². The largest absolute Gasteiger partial charge is 0.417 e. The second-order valence-electron chi connectivity index (χ2n) is 5.31. The number of hydrogen-bond donors (Lipinski definition) is 1. The Morgan fingerprint density at radius 1 is 0.957 bits per heavy atom. The molecule has 0 radical (unpaired) electrons. The Hall–Kier alpha value is -2.40. The van der Waals surface area contributed by atoms with Gasteiger partial charge >= 0.3 is 6.18 Å². The van der Waals surface area contributed by atoms with Crippen molar-refractivity contribution in [3.63, 3.8) is 0 Å². The SMILES string of the molecule is C[C@H](O)c1c(-c2ccccc2)nc2ccccc2c1C(F)(F)F. The lowest BCUT2D eigenvalue weighted by Gasteiger charge is -2.21. The van der Waals surface area contributed by atoms with Gasteiger partial charge in [0.05, 0.1) is 22.9 Å². The van der Waals surface area contributed by atoms with E-state index in [1.165, 1.54) is 19.1 Å². The van der Waals surface area contributed by atoms with E-state index in [9.17, 15) is 18.3 Å². The number of pyridine rings is 1. The van der Waals surface area contributed by atoms with E-state index in [1.54, 1.807) is 42.5 Å². The van der Waals surface area contributed by atoms with Crippen molar-refractivity contribution < 1.29 is 18.3 Å². The zero-order valence-corrected chi connectivity index (χ0v) is 12.3. The van der Waals surface area contributed by atoms with Crippen LogP contribution in [-0.2, 0) is 6.18 Å². The highest BCUT2D eigenvalue weighted by atomic mass is 19.4. The molecule has 1 atom stereocenters. The molecule has 118 valence electrons. The first kappa shape index (κ1) is 15.5. The fraction of sp³-hybridized carbons (Fsp3) is 0.167. The molecule has 1 N–H and O–H groups in total. The Morgan fingerprint density at radius 2 is 1.57 bits per heavy atom. The van der Waals surface area contributed by atoms with Gasteiger partial charge in [-0.05, 0) is 13.0 Å². The maximum Gasteiger partial charge on any atom is 0.417 e. The Morgan fingerprint density at radius 3 is 2.17 bits per heavy atom. The molecule has 23 heavy (non-hydrogen) atoms. The molecule has 3 aromatic rings. The number of aromatic nitrogens is 1. The van der Waals surface area contributed by atoms with Gasteiger partial charge in [0.15, 0.2) is 0 Å². The highest BCUT2D eigenvalue weighted by molar-refractivity contribution is 5.88. The van der Waals surface area contributed by atoms with Gasteiger partial charge in [-0.3, -0.25) is 0 Å². The van der Waals surface area contributed by atoms with Gasteiger partial charge in [0.1, 0.15) is 0 Å². The summed E-state index contributed by atoms with van der Waals surface area (Å²) < 4.78 is 41.1. The molecule has 0 fully saturated rings. The van der Waals surface area contributed by atoms with Gasteiger partial charge in [-0.2, -0.15) is 13.2 Å². The molecule has 3 rings (SSSR count). The molecule has 5 heteroatoms. The molecule has 2 nitrogen and oxygen atoms in total. The third-order valence-electron chi connectivity index (χ3n) is 3.68. The molecule has 0 bridgehead atoms. The minimum absolute atomic E-state index is 0.00409. The van der Waals surface area contributed by atoms with Gasteiger partial charge in [-0.25, -0.2) is 4.98 Å². The van der Waals surface area contributed by atoms with Crippen molar-refractivity contribution in [1.82, 2.24) is 4.98 Å². The number of nitrogens with zero attached hydrogens (tertiary/aromatic N) is 1. The van der Waals surface area contributed by atoms with Crippen LogP contribution in [0.25, 0.3) is 22.2 Å². The van der Waals surface area contributed by atoms with Crippen molar-refractivity contribution in [2.24, 2.45) is 0 Å². The van der Waals surface area contributed by atoms with Crippen molar-refractivity contribution in [3.8, 4) is 11.3 Å². The quantitative estimate of drug-likeness (QED) is 0.723. The molecule has 0 saturated heterocycles. The Bertz CT molecular complexity index is 842. The summed E-state index contributed by atoms with van der Waals surface area (Å²) in [6.45, 7) is 1.33. The molecule has 1 aromatic heterocycles. The lowest BCUT2D eigenvalue weighted by atomic mass is 9.93. The number of hydrogen-bond acceptors (Lipinski definition) is 2. The zero-order valence-electron chi connectivity index (χ0n) is 12.3. The average molecular weight is 317 g/mol. The van der Waals surface area contributed by atoms with Crippen LogP contribution in [0.15, 0.2) is 54.6 Å². The van der Waals surface area contributed by atoms with Crippen molar-refractivity contribution in [2.45, 2.75) is 19.2 Å². The van der Waals surface area contributed by atoms with E-state index < -0.39 is 17.8 Å². The first-order valence-electron chi connectivity index (χ1n) is 7.13. The Kier molecular flexibility index (Phi) is 3.82. The van der Waals surface area contributed by atoms with Crippen LogP contribution >= 0.6 is 0 Å². The molecule has 1 heterocycles. The van der Waals surface area contributed by atoms with Crippen LogP contribution < -0.4 is 0 Å². The molecule has 0 aliphatic rings. The fourth-order valence-corrected chi connectivity index (χ4v) is 2.75. The maximum absolute atomic E-state index is 13.7. The third kappa shape index (κ3) is 2.80. The van der Waals surface area contributed by atoms with Crippen LogP contribution in [0, 0.1) is 0 Å². The minimum Gasteiger partial charge on any atom is -0.389 e. The van der Waals surface area contributed by atoms with Crippen LogP contribution in [-0.4, -0.2) is 10.1 Å². The summed E-state index contributed by atoms with van der Waals surface area (Å²) in [5.41, 5.74) is -0.0614. The molecule has 2 aromatic carbocycles. The van der Waals surface area contributed by atoms with E-state index in [1.807, 2.05) is 0 Å². The van der Waals surface area contributed by atoms with Crippen LogP contribution in [0.3, 0.4) is 0 Å². The first-order valence-corrected chi connectivity index (χ1v) is 7.13. The number of alkyl halides is 3. The summed E-state index contributed by atoms with van der Waals surface area (Å²) in [6, 6.07) is 14.7. The van der Waals surface area contributed by atoms with Crippen LogP contribution in [0.4, 0.5) is 13.2 Å². The normalized spacial score (nSPS) is 13.3. The molecule has 0 aliphatic heterocycles. The van der Waals surface area contributed by atoms with E-state index in [0.717, 1.165) is 0 Å². The summed E-state index contributed by atoms with van der Waals surface area (Å²) in [7, 11) is 0. The smallest absolute Gasteiger partial charge is 0.389 e. The number of halogens is 3. The van der Waals surface area contributed by atoms with E-state index in [2.05, 4.69) is 4.98 Å². The number of fused-ring (bicyclic) bond motifs is 1. The van der Waals surface area contributed by atoms with Gasteiger partial charge in [0.25, 0.3) is 0 Å². The standard InChI is InChI=1S/C18H14F3NO/c1-11(23)15-16(18(19,20)21)13-9-5-6-10-14(13)22-17(15)12-7-3-2-4-8-12/h2-11,23H,1H3/t11-/m0/s1. The number of aliphatic hydroxyl groups excluding tert-OH is 1. The Balaban J connectivity index is 2.48. The van der Waals surface area contributed by atoms with Gasteiger partial charge in [-0.1, -0.05) is 48.5 Å². The average Bonchev–Trinajstić information content (AvgIpc) is 2.52. The minimum atomic E-state index is -4.58. The van der Waals surface area contributed by atoms with Gasteiger partial charge in [0, 0.05) is 16.5 Å². The second kappa shape index (κ2) is 5.66. The summed E-state index contributed by atoms with van der Waals surface area (Å²) in [6.07, 6.45) is -5.88. The number of rotatable bonds is 2. The summed E-state index contributed by atoms with van der Waals surface area (Å²) in [4.78, 5) is 4.38. The summed E-state index contributed by atoms with van der Waals surface area (Å²) in [5, 5.41) is 10.0. The number of benzene rings is 2. The van der Waals surface area contributed by atoms with Crippen molar-refractivity contribution >= 4 is 10.9 Å². The molecule has 0 saturated carbocycles. The van der Waals surface area contributed by atoms with Crippen molar-refractivity contribution in [2.75, 3.05) is 0 Å². The highest BCUT2D eigenvalue weighted by Gasteiger charge is 2.38. The molecule has 0 aliphatic carbocycles. The Labute approximate surface area is 131 Å². The number of para-hydroxylation sites is 1. The molecule has 0 unspecified atom stereocenters. The van der Waals surface area contributed by atoms with E-state index in [0.29, 0.717) is 5.56 Å². The summed E-state index contributed by atoms with van der Waals surface area (Å²) >= 11 is 0. The molecule has 0 spiro atoms. The predicted molar refractivity (Wildman–Crippen MR) is 82.8 cm³/mol. The molecular formula is C18H14F3NO. The zero-order chi connectivity index (χ0) is 16.6. The monoisotopic (exact) mass is 317 g/mol. The van der Waals surface area contributed by atoms with Crippen molar-refractivity contribution in [1.29, 1.82) is 0 Å². The second-order valence-corrected chi connectivity index (χ2v) is 5.31. The predicted octanol–water partition coefficient (Wildman–Crippen LogP) is 4.97. The van der Waals surface area contributed by atoms with Gasteiger partial charge < -0.3 is 5.11 Å². The lowest BCUT2D eigenvalue weighted by Crippen LogP contribution is -2.14. The third-order valence-corrected chi connectivity index (χ3v) is 3.68. The maximum atomic E-state index is 13.7. The van der Waals surface area contributed by atoms with Gasteiger partial charge in [0.2, 0.25) is 0 Å². The number of aliphatic hydroxyl groups is 1. The fourth-order valence-electron chi connectivity index (χ4n) is 2.75.